The second-order valence-electron chi connectivity index (χ2n) is 5.88. The van der Waals surface area contributed by atoms with Gasteiger partial charge in [0, 0.05) is 4.47 Å². The van der Waals surface area contributed by atoms with Crippen LogP contribution in [0, 0.1) is 13.8 Å². The smallest absolute Gasteiger partial charge is 0.279 e. The van der Waals surface area contributed by atoms with E-state index in [0.717, 1.165) is 11.1 Å². The zero-order valence-corrected chi connectivity index (χ0v) is 17.5. The van der Waals surface area contributed by atoms with Crippen molar-refractivity contribution in [2.45, 2.75) is 26.9 Å². The molecule has 27 heavy (non-hydrogen) atoms. The van der Waals surface area contributed by atoms with Crippen LogP contribution in [0.15, 0.2) is 46.9 Å². The van der Waals surface area contributed by atoms with Crippen LogP contribution >= 0.6 is 28.1 Å². The molecule has 0 saturated carbocycles. The van der Waals surface area contributed by atoms with E-state index in [0.29, 0.717) is 15.8 Å². The van der Waals surface area contributed by atoms with Gasteiger partial charge >= 0.3 is 0 Å². The van der Waals surface area contributed by atoms with E-state index < -0.39 is 17.9 Å². The number of carbonyl (C=O) groups excluding carboxylic acids is 2. The van der Waals surface area contributed by atoms with E-state index in [-0.39, 0.29) is 5.11 Å². The quantitative estimate of drug-likeness (QED) is 0.493. The molecule has 0 fully saturated rings. The molecule has 8 heteroatoms. The minimum atomic E-state index is -0.749. The van der Waals surface area contributed by atoms with Gasteiger partial charge in [-0.05, 0) is 84.3 Å². The second-order valence-corrected chi connectivity index (χ2v) is 7.15. The first-order valence-electron chi connectivity index (χ1n) is 8.17. The Labute approximate surface area is 171 Å². The summed E-state index contributed by atoms with van der Waals surface area (Å²) in [5, 5.41) is 2.47. The Morgan fingerprint density at radius 2 is 1.78 bits per heavy atom. The summed E-state index contributed by atoms with van der Waals surface area (Å²) in [6.45, 7) is 5.60. The maximum atomic E-state index is 12.1. The summed E-state index contributed by atoms with van der Waals surface area (Å²) < 4.78 is 6.26. The van der Waals surface area contributed by atoms with Crippen molar-refractivity contribution in [3.05, 3.63) is 63.6 Å². The summed E-state index contributed by atoms with van der Waals surface area (Å²) in [4.78, 5) is 24.3. The number of aryl methyl sites for hydroxylation is 2. The lowest BCUT2D eigenvalue weighted by Crippen LogP contribution is -2.51. The van der Waals surface area contributed by atoms with Gasteiger partial charge in [0.25, 0.3) is 11.8 Å². The van der Waals surface area contributed by atoms with Gasteiger partial charge in [-0.3, -0.25) is 25.8 Å². The molecule has 0 aliphatic carbocycles. The highest BCUT2D eigenvalue weighted by atomic mass is 79.9. The van der Waals surface area contributed by atoms with Gasteiger partial charge in [-0.1, -0.05) is 18.2 Å². The van der Waals surface area contributed by atoms with Crippen LogP contribution in [0.25, 0.3) is 0 Å². The molecule has 1 atom stereocenters. The number of halogens is 1. The largest absolute Gasteiger partial charge is 0.481 e. The van der Waals surface area contributed by atoms with Crippen molar-refractivity contribution in [1.82, 2.24) is 16.2 Å². The highest BCUT2D eigenvalue weighted by Crippen LogP contribution is 2.18. The summed E-state index contributed by atoms with van der Waals surface area (Å²) in [5.74, 6) is -0.218. The summed E-state index contributed by atoms with van der Waals surface area (Å²) >= 11 is 8.32. The van der Waals surface area contributed by atoms with E-state index in [9.17, 15) is 9.59 Å². The summed E-state index contributed by atoms with van der Waals surface area (Å²) in [7, 11) is 0. The van der Waals surface area contributed by atoms with Crippen LogP contribution in [0.2, 0.25) is 0 Å². The molecule has 2 aromatic carbocycles. The molecule has 0 aromatic heterocycles. The molecule has 0 spiro atoms. The van der Waals surface area contributed by atoms with Gasteiger partial charge in [0.1, 0.15) is 5.75 Å². The Morgan fingerprint density at radius 1 is 1.07 bits per heavy atom. The first kappa shape index (κ1) is 20.9. The van der Waals surface area contributed by atoms with Crippen molar-refractivity contribution >= 4 is 45.1 Å². The van der Waals surface area contributed by atoms with Gasteiger partial charge in [-0.15, -0.1) is 0 Å². The van der Waals surface area contributed by atoms with Gasteiger partial charge in [-0.25, -0.2) is 0 Å². The average molecular weight is 450 g/mol. The van der Waals surface area contributed by atoms with Crippen LogP contribution in [-0.2, 0) is 4.79 Å². The lowest BCUT2D eigenvalue weighted by atomic mass is 10.1. The average Bonchev–Trinajstić information content (AvgIpc) is 2.63. The molecule has 3 N–H and O–H groups in total. The monoisotopic (exact) mass is 449 g/mol. The number of carbonyl (C=O) groups is 2. The molecule has 6 nitrogen and oxygen atoms in total. The molecule has 0 bridgehead atoms. The summed E-state index contributed by atoms with van der Waals surface area (Å²) in [5.41, 5.74) is 7.57. The number of rotatable bonds is 4. The first-order valence-corrected chi connectivity index (χ1v) is 9.37. The first-order chi connectivity index (χ1) is 12.8. The third kappa shape index (κ3) is 6.04. The lowest BCUT2D eigenvalue weighted by molar-refractivity contribution is -0.127. The molecule has 142 valence electrons. The molecular formula is C19H20BrN3O3S. The van der Waals surface area contributed by atoms with Crippen LogP contribution in [0.5, 0.6) is 5.75 Å². The number of hydrogen-bond acceptors (Lipinski definition) is 4. The van der Waals surface area contributed by atoms with Crippen LogP contribution in [0.3, 0.4) is 0 Å². The third-order valence-corrected chi connectivity index (χ3v) is 4.70. The molecule has 0 aliphatic heterocycles. The predicted molar refractivity (Wildman–Crippen MR) is 111 cm³/mol. The number of benzene rings is 2. The Morgan fingerprint density at radius 3 is 2.44 bits per heavy atom. The van der Waals surface area contributed by atoms with E-state index in [2.05, 4.69) is 32.1 Å². The molecule has 2 amide bonds. The molecule has 2 rings (SSSR count). The number of thiocarbonyl (C=S) groups is 1. The van der Waals surface area contributed by atoms with Crippen molar-refractivity contribution in [3.63, 3.8) is 0 Å². The van der Waals surface area contributed by atoms with Gasteiger partial charge in [0.05, 0.1) is 5.56 Å². The van der Waals surface area contributed by atoms with Crippen LogP contribution in [0.1, 0.15) is 28.4 Å². The summed E-state index contributed by atoms with van der Waals surface area (Å²) in [6, 6.07) is 12.6. The Bertz CT molecular complexity index is 873. The number of hydrazine groups is 1. The third-order valence-electron chi connectivity index (χ3n) is 3.81. The van der Waals surface area contributed by atoms with Crippen molar-refractivity contribution in [1.29, 1.82) is 0 Å². The number of amides is 2. The number of nitrogens with one attached hydrogen (secondary N) is 3. The van der Waals surface area contributed by atoms with E-state index in [1.165, 1.54) is 0 Å². The summed E-state index contributed by atoms with van der Waals surface area (Å²) in [6.07, 6.45) is -0.749. The molecular weight excluding hydrogens is 430 g/mol. The van der Waals surface area contributed by atoms with Crippen molar-refractivity contribution in [3.8, 4) is 5.75 Å². The molecule has 0 radical (unpaired) electrons. The van der Waals surface area contributed by atoms with Crippen LogP contribution in [0.4, 0.5) is 0 Å². The molecule has 1 unspecified atom stereocenters. The topological polar surface area (TPSA) is 79.5 Å². The van der Waals surface area contributed by atoms with E-state index in [1.54, 1.807) is 31.2 Å². The fourth-order valence-corrected chi connectivity index (χ4v) is 2.72. The van der Waals surface area contributed by atoms with Gasteiger partial charge in [0.15, 0.2) is 11.2 Å². The zero-order chi connectivity index (χ0) is 20.0. The van der Waals surface area contributed by atoms with Crippen molar-refractivity contribution in [2.24, 2.45) is 0 Å². The molecule has 0 saturated heterocycles. The van der Waals surface area contributed by atoms with E-state index in [4.69, 9.17) is 17.0 Å². The molecule has 2 aromatic rings. The van der Waals surface area contributed by atoms with Crippen molar-refractivity contribution < 1.29 is 14.3 Å². The van der Waals surface area contributed by atoms with Gasteiger partial charge in [0.2, 0.25) is 0 Å². The SMILES string of the molecule is Cc1ccc(OC(C)C(=O)NNC(=S)NC(=O)c2ccccc2Br)cc1C. The molecule has 0 aliphatic rings. The predicted octanol–water partition coefficient (Wildman–Crippen LogP) is 3.17. The maximum Gasteiger partial charge on any atom is 0.279 e. The van der Waals surface area contributed by atoms with Gasteiger partial charge in [-0.2, -0.15) is 0 Å². The highest BCUT2D eigenvalue weighted by Gasteiger charge is 2.16. The minimum Gasteiger partial charge on any atom is -0.481 e. The highest BCUT2D eigenvalue weighted by molar-refractivity contribution is 9.10. The lowest BCUT2D eigenvalue weighted by Gasteiger charge is -2.17. The fraction of sp³-hybridized carbons (Fsp3) is 0.211. The zero-order valence-electron chi connectivity index (χ0n) is 15.1. The number of hydrogen-bond donors (Lipinski definition) is 3. The van der Waals surface area contributed by atoms with Gasteiger partial charge < -0.3 is 4.74 Å². The van der Waals surface area contributed by atoms with E-state index >= 15 is 0 Å². The Balaban J connectivity index is 1.83. The fourth-order valence-electron chi connectivity index (χ4n) is 2.11. The second kappa shape index (κ2) is 9.48. The number of ether oxygens (including phenoxy) is 1. The standard InChI is InChI=1S/C19H20BrN3O3S/c1-11-8-9-14(10-12(11)2)26-13(3)17(24)22-23-19(27)21-18(25)15-6-4-5-7-16(15)20/h4-10,13H,1-3H3,(H,22,24)(H2,21,23,25,27). The van der Waals surface area contributed by atoms with Crippen molar-refractivity contribution in [2.75, 3.05) is 0 Å². The normalized spacial score (nSPS) is 11.3. The van der Waals surface area contributed by atoms with E-state index in [1.807, 2.05) is 32.0 Å². The Hall–Kier alpha value is -2.45. The molecule has 0 heterocycles. The maximum absolute atomic E-state index is 12.1. The van der Waals surface area contributed by atoms with Crippen LogP contribution in [-0.4, -0.2) is 23.0 Å². The van der Waals surface area contributed by atoms with Crippen LogP contribution < -0.4 is 20.9 Å². The minimum absolute atomic E-state index is 0.0255. The Kier molecular flexibility index (Phi) is 7.32.